The first kappa shape index (κ1) is 30.7. The Hall–Kier alpha value is -3.71. The molecule has 2 aromatic carbocycles. The van der Waals surface area contributed by atoms with Gasteiger partial charge in [-0.2, -0.15) is 0 Å². The summed E-state index contributed by atoms with van der Waals surface area (Å²) in [5, 5.41) is 7.36. The van der Waals surface area contributed by atoms with Gasteiger partial charge in [-0.1, -0.05) is 30.7 Å². The highest BCUT2D eigenvalue weighted by molar-refractivity contribution is 7.91. The lowest BCUT2D eigenvalue weighted by Crippen LogP contribution is -2.14. The molecule has 0 saturated carbocycles. The Kier molecular flexibility index (Phi) is 10.1. The summed E-state index contributed by atoms with van der Waals surface area (Å²) in [5.74, 6) is 0.909. The zero-order chi connectivity index (χ0) is 30.2. The van der Waals surface area contributed by atoms with Gasteiger partial charge in [0.1, 0.15) is 30.3 Å². The van der Waals surface area contributed by atoms with Crippen LogP contribution in [0.3, 0.4) is 0 Å². The lowest BCUT2D eigenvalue weighted by Gasteiger charge is -2.12. The molecular weight excluding hydrogens is 613 g/mol. The molecule has 13 heteroatoms. The van der Waals surface area contributed by atoms with Crippen LogP contribution in [0.25, 0.3) is 22.3 Å². The Labute approximate surface area is 258 Å². The van der Waals surface area contributed by atoms with Gasteiger partial charge in [0.2, 0.25) is 0 Å². The number of nitrogens with one attached hydrogen (secondary N) is 1. The largest absolute Gasteiger partial charge is 0.487 e. The van der Waals surface area contributed by atoms with Crippen LogP contribution < -0.4 is 10.1 Å². The van der Waals surface area contributed by atoms with E-state index in [4.69, 9.17) is 26.1 Å². The highest BCUT2D eigenvalue weighted by Crippen LogP contribution is 2.32. The Morgan fingerprint density at radius 1 is 1.05 bits per heavy atom. The van der Waals surface area contributed by atoms with E-state index in [9.17, 15) is 12.8 Å². The van der Waals surface area contributed by atoms with Gasteiger partial charge in [-0.3, -0.25) is 4.98 Å². The summed E-state index contributed by atoms with van der Waals surface area (Å²) in [4.78, 5) is 18.1. The standard InChI is InChI=1S/C30H29ClFN5O4S2/c1-2-43(38,39)12-11-40-10-4-7-29-37-27(18-42-29)25-15-23-26(16-33-25)34-19-35-30(23)36-22-8-9-28(24(31)14-22)41-17-20-5-3-6-21(32)13-20/h3,5-6,8-9,13-16,18-19H,2,4,7,10-12,17H2,1H3,(H,34,35,36). The summed E-state index contributed by atoms with van der Waals surface area (Å²) in [6, 6.07) is 13.4. The maximum absolute atomic E-state index is 13.5. The molecular formula is C30H29ClFN5O4S2. The number of thiazole rings is 1. The van der Waals surface area contributed by atoms with E-state index in [1.54, 1.807) is 37.4 Å². The van der Waals surface area contributed by atoms with E-state index >= 15 is 0 Å². The summed E-state index contributed by atoms with van der Waals surface area (Å²) in [5.41, 5.74) is 3.50. The molecule has 1 N–H and O–H groups in total. The van der Waals surface area contributed by atoms with E-state index < -0.39 is 9.84 Å². The number of anilines is 2. The summed E-state index contributed by atoms with van der Waals surface area (Å²) in [7, 11) is -3.02. The second-order valence-corrected chi connectivity index (χ2v) is 13.4. The van der Waals surface area contributed by atoms with Crippen LogP contribution >= 0.6 is 22.9 Å². The molecule has 0 bridgehead atoms. The number of hydrogen-bond acceptors (Lipinski definition) is 10. The number of aryl methyl sites for hydroxylation is 1. The van der Waals surface area contributed by atoms with Gasteiger partial charge in [-0.05, 0) is 48.4 Å². The van der Waals surface area contributed by atoms with Gasteiger partial charge >= 0.3 is 0 Å². The van der Waals surface area contributed by atoms with Crippen molar-refractivity contribution < 1.29 is 22.3 Å². The maximum atomic E-state index is 13.5. The number of fused-ring (bicyclic) bond motifs is 1. The molecule has 0 aliphatic carbocycles. The van der Waals surface area contributed by atoms with Crippen molar-refractivity contribution in [3.63, 3.8) is 0 Å². The number of nitrogens with zero attached hydrogens (tertiary/aromatic N) is 4. The Morgan fingerprint density at radius 3 is 2.74 bits per heavy atom. The van der Waals surface area contributed by atoms with Crippen LogP contribution in [0.2, 0.25) is 5.02 Å². The van der Waals surface area contributed by atoms with Crippen molar-refractivity contribution in [2.75, 3.05) is 30.0 Å². The fraction of sp³-hybridized carbons (Fsp3) is 0.267. The normalized spacial score (nSPS) is 11.6. The number of rotatable bonds is 14. The zero-order valence-corrected chi connectivity index (χ0v) is 25.7. The van der Waals surface area contributed by atoms with Crippen molar-refractivity contribution in [3.05, 3.63) is 87.8 Å². The smallest absolute Gasteiger partial charge is 0.152 e. The molecule has 0 atom stereocenters. The van der Waals surface area contributed by atoms with Gasteiger partial charge in [0.25, 0.3) is 0 Å². The Bertz CT molecular complexity index is 1820. The lowest BCUT2D eigenvalue weighted by atomic mass is 10.2. The van der Waals surface area contributed by atoms with Crippen LogP contribution in [0.5, 0.6) is 5.75 Å². The van der Waals surface area contributed by atoms with Crippen LogP contribution in [-0.4, -0.2) is 53.1 Å². The minimum Gasteiger partial charge on any atom is -0.487 e. The molecule has 3 heterocycles. The molecule has 0 radical (unpaired) electrons. The number of aromatic nitrogens is 4. The van der Waals surface area contributed by atoms with Gasteiger partial charge in [-0.15, -0.1) is 11.3 Å². The second-order valence-electron chi connectivity index (χ2n) is 9.58. The van der Waals surface area contributed by atoms with E-state index in [0.29, 0.717) is 45.7 Å². The predicted molar refractivity (Wildman–Crippen MR) is 167 cm³/mol. The van der Waals surface area contributed by atoms with E-state index in [1.807, 2.05) is 17.5 Å². The van der Waals surface area contributed by atoms with Crippen molar-refractivity contribution in [2.45, 2.75) is 26.4 Å². The van der Waals surface area contributed by atoms with E-state index in [-0.39, 0.29) is 30.5 Å². The van der Waals surface area contributed by atoms with E-state index in [0.717, 1.165) is 28.9 Å². The SMILES string of the molecule is CCS(=O)(=O)CCOCCCc1nc(-c2cc3c(Nc4ccc(OCc5cccc(F)c5)c(Cl)c4)ncnc3cn2)cs1. The van der Waals surface area contributed by atoms with Crippen molar-refractivity contribution in [1.82, 2.24) is 19.9 Å². The van der Waals surface area contributed by atoms with E-state index in [2.05, 4.69) is 20.3 Å². The molecule has 0 amide bonds. The minimum atomic E-state index is -3.02. The Morgan fingerprint density at radius 2 is 1.93 bits per heavy atom. The van der Waals surface area contributed by atoms with Gasteiger partial charge in [-0.25, -0.2) is 27.8 Å². The third kappa shape index (κ3) is 8.44. The van der Waals surface area contributed by atoms with E-state index in [1.165, 1.54) is 29.8 Å². The van der Waals surface area contributed by atoms with Crippen LogP contribution in [0.4, 0.5) is 15.9 Å². The third-order valence-corrected chi connectivity index (χ3v) is 9.34. The number of sulfone groups is 1. The molecule has 0 aliphatic rings. The summed E-state index contributed by atoms with van der Waals surface area (Å²) in [6.45, 7) is 2.50. The summed E-state index contributed by atoms with van der Waals surface area (Å²) < 4.78 is 47.8. The molecule has 0 fully saturated rings. The molecule has 0 saturated heterocycles. The summed E-state index contributed by atoms with van der Waals surface area (Å²) in [6.07, 6.45) is 4.61. The van der Waals surface area contributed by atoms with Gasteiger partial charge < -0.3 is 14.8 Å². The second kappa shape index (κ2) is 14.2. The van der Waals surface area contributed by atoms with Gasteiger partial charge in [0.05, 0.1) is 45.5 Å². The highest BCUT2D eigenvalue weighted by atomic mass is 35.5. The fourth-order valence-corrected chi connectivity index (χ4v) is 5.85. The zero-order valence-electron chi connectivity index (χ0n) is 23.3. The first-order valence-corrected chi connectivity index (χ1v) is 16.6. The molecule has 224 valence electrons. The first-order chi connectivity index (χ1) is 20.8. The number of pyridine rings is 1. The number of hydrogen-bond donors (Lipinski definition) is 1. The number of benzene rings is 2. The molecule has 0 aliphatic heterocycles. The van der Waals surface area contributed by atoms with Gasteiger partial charge in [0, 0.05) is 35.2 Å². The van der Waals surface area contributed by atoms with Crippen LogP contribution in [0.1, 0.15) is 23.9 Å². The third-order valence-electron chi connectivity index (χ3n) is 6.47. The number of halogens is 2. The molecule has 0 unspecified atom stereocenters. The Balaban J connectivity index is 1.22. The maximum Gasteiger partial charge on any atom is 0.152 e. The first-order valence-electron chi connectivity index (χ1n) is 13.6. The molecule has 43 heavy (non-hydrogen) atoms. The van der Waals surface area contributed by atoms with Crippen molar-refractivity contribution in [2.24, 2.45) is 0 Å². The lowest BCUT2D eigenvalue weighted by molar-refractivity contribution is 0.146. The molecule has 9 nitrogen and oxygen atoms in total. The monoisotopic (exact) mass is 641 g/mol. The van der Waals surface area contributed by atoms with Crippen LogP contribution in [-0.2, 0) is 27.6 Å². The molecule has 5 aromatic rings. The molecule has 3 aromatic heterocycles. The van der Waals surface area contributed by atoms with Crippen LogP contribution in [0, 0.1) is 5.82 Å². The summed E-state index contributed by atoms with van der Waals surface area (Å²) >= 11 is 8.02. The average molecular weight is 642 g/mol. The quantitative estimate of drug-likeness (QED) is 0.133. The average Bonchev–Trinajstić information content (AvgIpc) is 3.47. The van der Waals surface area contributed by atoms with Crippen LogP contribution in [0.15, 0.2) is 66.4 Å². The predicted octanol–water partition coefficient (Wildman–Crippen LogP) is 6.65. The molecule has 0 spiro atoms. The highest BCUT2D eigenvalue weighted by Gasteiger charge is 2.12. The minimum absolute atomic E-state index is 0.0455. The van der Waals surface area contributed by atoms with Crippen molar-refractivity contribution in [3.8, 4) is 17.1 Å². The fourth-order valence-electron chi connectivity index (χ4n) is 4.12. The van der Waals surface area contributed by atoms with Crippen molar-refractivity contribution in [1.29, 1.82) is 0 Å². The number of ether oxygens (including phenoxy) is 2. The molecule has 5 rings (SSSR count). The van der Waals surface area contributed by atoms with Crippen molar-refractivity contribution >= 4 is 55.2 Å². The van der Waals surface area contributed by atoms with Gasteiger partial charge in [0.15, 0.2) is 9.84 Å². The topological polar surface area (TPSA) is 116 Å².